The lowest BCUT2D eigenvalue weighted by atomic mass is 9.98. The predicted octanol–water partition coefficient (Wildman–Crippen LogP) is 2.92. The number of hydrogen-bond acceptors (Lipinski definition) is 12. The van der Waals surface area contributed by atoms with E-state index in [9.17, 15) is 24.0 Å². The summed E-state index contributed by atoms with van der Waals surface area (Å²) in [7, 11) is 0. The molecule has 2 aromatic carbocycles. The number of esters is 4. The quantitative estimate of drug-likeness (QED) is 0.223. The summed E-state index contributed by atoms with van der Waals surface area (Å²) >= 11 is 0. The maximum Gasteiger partial charge on any atom is 0.336 e. The van der Waals surface area contributed by atoms with Gasteiger partial charge in [0, 0.05) is 45.2 Å². The first kappa shape index (κ1) is 29.3. The van der Waals surface area contributed by atoms with Gasteiger partial charge in [-0.25, -0.2) is 4.79 Å². The normalized spacial score (nSPS) is 21.9. The third kappa shape index (κ3) is 7.28. The third-order valence-electron chi connectivity index (χ3n) is 6.00. The molecule has 1 aromatic heterocycles. The molecule has 0 radical (unpaired) electrons. The number of ether oxygens (including phenoxy) is 6. The average molecular weight is 569 g/mol. The highest BCUT2D eigenvalue weighted by atomic mass is 16.7. The summed E-state index contributed by atoms with van der Waals surface area (Å²) in [6.07, 6.45) is -6.72. The molecular formula is C29H28O12. The van der Waals surface area contributed by atoms with Crippen LogP contribution in [0.3, 0.4) is 0 Å². The van der Waals surface area contributed by atoms with Crippen LogP contribution in [0.4, 0.5) is 0 Å². The zero-order valence-corrected chi connectivity index (χ0v) is 22.7. The molecule has 4 rings (SSSR count). The van der Waals surface area contributed by atoms with Crippen molar-refractivity contribution in [3.8, 4) is 16.9 Å². The fourth-order valence-corrected chi connectivity index (χ4v) is 4.49. The van der Waals surface area contributed by atoms with Gasteiger partial charge in [0.1, 0.15) is 24.0 Å². The molecule has 5 atom stereocenters. The number of fused-ring (bicyclic) bond motifs is 1. The molecule has 41 heavy (non-hydrogen) atoms. The van der Waals surface area contributed by atoms with Gasteiger partial charge < -0.3 is 32.8 Å². The highest BCUT2D eigenvalue weighted by Gasteiger charge is 2.53. The summed E-state index contributed by atoms with van der Waals surface area (Å²) in [5.74, 6) is -2.77. The summed E-state index contributed by atoms with van der Waals surface area (Å²) in [5.41, 5.74) is 1.08. The molecule has 0 spiro atoms. The Bertz CT molecular complexity index is 1490. The average Bonchev–Trinajstić information content (AvgIpc) is 2.90. The van der Waals surface area contributed by atoms with Crippen molar-refractivity contribution in [3.05, 3.63) is 65.0 Å². The Kier molecular flexibility index (Phi) is 9.03. The summed E-state index contributed by atoms with van der Waals surface area (Å²) in [5, 5.41) is 0.629. The van der Waals surface area contributed by atoms with E-state index < -0.39 is 66.8 Å². The lowest BCUT2D eigenvalue weighted by Crippen LogP contribution is -2.63. The number of benzene rings is 2. The van der Waals surface area contributed by atoms with E-state index in [0.717, 1.165) is 26.3 Å². The van der Waals surface area contributed by atoms with Crippen LogP contribution in [-0.4, -0.2) is 61.2 Å². The first-order valence-corrected chi connectivity index (χ1v) is 12.6. The zero-order chi connectivity index (χ0) is 29.7. The Morgan fingerprint density at radius 2 is 1.39 bits per heavy atom. The number of rotatable bonds is 8. The van der Waals surface area contributed by atoms with Crippen LogP contribution in [0.25, 0.3) is 22.1 Å². The van der Waals surface area contributed by atoms with Crippen LogP contribution in [-0.2, 0) is 42.9 Å². The van der Waals surface area contributed by atoms with Crippen molar-refractivity contribution in [2.75, 3.05) is 6.61 Å². The molecule has 216 valence electrons. The Balaban J connectivity index is 1.74. The van der Waals surface area contributed by atoms with Gasteiger partial charge in [0.05, 0.1) is 0 Å². The fourth-order valence-electron chi connectivity index (χ4n) is 4.49. The second kappa shape index (κ2) is 12.6. The van der Waals surface area contributed by atoms with Gasteiger partial charge in [-0.15, -0.1) is 0 Å². The molecule has 12 nitrogen and oxygen atoms in total. The predicted molar refractivity (Wildman–Crippen MR) is 141 cm³/mol. The van der Waals surface area contributed by atoms with Gasteiger partial charge in [-0.05, 0) is 23.3 Å². The molecule has 3 aromatic rings. The first-order chi connectivity index (χ1) is 19.5. The topological polar surface area (TPSA) is 154 Å². The third-order valence-corrected chi connectivity index (χ3v) is 6.00. The van der Waals surface area contributed by atoms with E-state index >= 15 is 0 Å². The molecule has 0 amide bonds. The van der Waals surface area contributed by atoms with E-state index in [1.54, 1.807) is 12.1 Å². The molecule has 1 fully saturated rings. The number of carbonyl (C=O) groups is 4. The summed E-state index contributed by atoms with van der Waals surface area (Å²) in [6, 6.07) is 15.4. The van der Waals surface area contributed by atoms with Crippen LogP contribution in [0.15, 0.2) is 63.8 Å². The second-order valence-corrected chi connectivity index (χ2v) is 9.19. The molecule has 1 saturated heterocycles. The molecule has 0 N–H and O–H groups in total. The van der Waals surface area contributed by atoms with Crippen molar-refractivity contribution < 1.29 is 52.0 Å². The molecule has 0 unspecified atom stereocenters. The van der Waals surface area contributed by atoms with E-state index in [-0.39, 0.29) is 11.3 Å². The van der Waals surface area contributed by atoms with E-state index in [0.29, 0.717) is 10.9 Å². The Morgan fingerprint density at radius 1 is 0.756 bits per heavy atom. The minimum atomic E-state index is -1.43. The molecule has 1 aliphatic heterocycles. The van der Waals surface area contributed by atoms with Gasteiger partial charge in [0.15, 0.2) is 12.2 Å². The van der Waals surface area contributed by atoms with Crippen LogP contribution in [0, 0.1) is 0 Å². The Labute approximate surface area is 234 Å². The van der Waals surface area contributed by atoms with Gasteiger partial charge in [0.2, 0.25) is 12.4 Å². The van der Waals surface area contributed by atoms with Crippen LogP contribution >= 0.6 is 0 Å². The van der Waals surface area contributed by atoms with Gasteiger partial charge in [0.25, 0.3) is 0 Å². The maximum absolute atomic E-state index is 12.4. The van der Waals surface area contributed by atoms with E-state index in [1.165, 1.54) is 19.1 Å². The van der Waals surface area contributed by atoms with E-state index in [2.05, 4.69) is 0 Å². The lowest BCUT2D eigenvalue weighted by molar-refractivity contribution is -0.288. The van der Waals surface area contributed by atoms with Gasteiger partial charge in [-0.1, -0.05) is 30.3 Å². The van der Waals surface area contributed by atoms with Gasteiger partial charge in [-0.3, -0.25) is 19.2 Å². The van der Waals surface area contributed by atoms with Crippen LogP contribution in [0.1, 0.15) is 27.7 Å². The number of carbonyl (C=O) groups excluding carboxylic acids is 4. The molecule has 2 heterocycles. The van der Waals surface area contributed by atoms with Gasteiger partial charge >= 0.3 is 29.5 Å². The van der Waals surface area contributed by atoms with Crippen molar-refractivity contribution >= 4 is 34.8 Å². The highest BCUT2D eigenvalue weighted by Crippen LogP contribution is 2.33. The molecular weight excluding hydrogens is 540 g/mol. The SMILES string of the molecule is CC(=O)OC[C@@H]1O[C@@H](Oc2ccc3c(-c4ccccc4)cc(=O)oc3c2)[C@@H](OC(C)=O)[C@H](OC(C)=O)[C@H]1OC(C)=O. The maximum atomic E-state index is 12.4. The monoisotopic (exact) mass is 568 g/mol. The Hall–Kier alpha value is -4.71. The van der Waals surface area contributed by atoms with Crippen molar-refractivity contribution in [3.63, 3.8) is 0 Å². The summed E-state index contributed by atoms with van der Waals surface area (Å²) in [4.78, 5) is 59.9. The number of hydrogen-bond donors (Lipinski definition) is 0. The van der Waals surface area contributed by atoms with Crippen molar-refractivity contribution in [2.24, 2.45) is 0 Å². The molecule has 0 bridgehead atoms. The van der Waals surface area contributed by atoms with Gasteiger partial charge in [-0.2, -0.15) is 0 Å². The van der Waals surface area contributed by atoms with Crippen molar-refractivity contribution in [1.82, 2.24) is 0 Å². The molecule has 0 saturated carbocycles. The molecule has 0 aliphatic carbocycles. The largest absolute Gasteiger partial charge is 0.463 e. The van der Waals surface area contributed by atoms with Crippen LogP contribution < -0.4 is 10.4 Å². The van der Waals surface area contributed by atoms with Crippen molar-refractivity contribution in [1.29, 1.82) is 0 Å². The minimum Gasteiger partial charge on any atom is -0.463 e. The smallest absolute Gasteiger partial charge is 0.336 e. The lowest BCUT2D eigenvalue weighted by Gasteiger charge is -2.43. The Morgan fingerprint density at radius 3 is 2.02 bits per heavy atom. The summed E-state index contributed by atoms with van der Waals surface area (Å²) in [6.45, 7) is 4.16. The fraction of sp³-hybridized carbons (Fsp3) is 0.345. The van der Waals surface area contributed by atoms with Crippen LogP contribution in [0.2, 0.25) is 0 Å². The van der Waals surface area contributed by atoms with E-state index in [1.807, 2.05) is 30.3 Å². The second-order valence-electron chi connectivity index (χ2n) is 9.19. The highest BCUT2D eigenvalue weighted by molar-refractivity contribution is 5.93. The first-order valence-electron chi connectivity index (χ1n) is 12.6. The molecule has 1 aliphatic rings. The minimum absolute atomic E-state index is 0.145. The standard InChI is InChI=1S/C29H28O12/c1-15(30)35-14-24-26(36-16(2)31)27(37-17(3)32)28(38-18(4)33)29(41-24)39-20-10-11-21-22(19-8-6-5-7-9-19)13-25(34)40-23(21)12-20/h5-13,24,26-29H,14H2,1-4H3/t24-,26-,27+,28-,29+/m0/s1. The molecule has 12 heteroatoms. The summed E-state index contributed by atoms with van der Waals surface area (Å²) < 4.78 is 38.7. The van der Waals surface area contributed by atoms with Crippen molar-refractivity contribution in [2.45, 2.75) is 58.4 Å². The zero-order valence-electron chi connectivity index (χ0n) is 22.7. The van der Waals surface area contributed by atoms with Crippen LogP contribution in [0.5, 0.6) is 5.75 Å². The van der Waals surface area contributed by atoms with E-state index in [4.69, 9.17) is 32.8 Å².